The zero-order valence-electron chi connectivity index (χ0n) is 8.77. The second-order valence-electron chi connectivity index (χ2n) is 3.12. The van der Waals surface area contributed by atoms with Crippen molar-refractivity contribution in [3.05, 3.63) is 23.0 Å². The maximum absolute atomic E-state index is 12.6. The predicted octanol–water partition coefficient (Wildman–Crippen LogP) is 4.04. The van der Waals surface area contributed by atoms with Crippen LogP contribution in [0.25, 0.3) is 0 Å². The molecule has 0 aromatic carbocycles. The minimum Gasteiger partial charge on any atom is -0.403 e. The van der Waals surface area contributed by atoms with Crippen molar-refractivity contribution in [2.45, 2.75) is 18.7 Å². The van der Waals surface area contributed by atoms with Gasteiger partial charge in [0.2, 0.25) is 0 Å². The fraction of sp³-hybridized carbons (Fsp3) is 0.333. The summed E-state index contributed by atoms with van der Waals surface area (Å²) < 4.78 is 65.2. The Hall–Kier alpha value is -1.15. The normalized spacial score (nSPS) is 11.8. The van der Waals surface area contributed by atoms with Crippen molar-refractivity contribution >= 4 is 28.4 Å². The molecule has 0 saturated heterocycles. The molecule has 1 rings (SSSR count). The van der Waals surface area contributed by atoms with Crippen LogP contribution in [0.4, 0.5) is 22.0 Å². The van der Waals surface area contributed by atoms with E-state index >= 15 is 0 Å². The Kier molecular flexibility index (Phi) is 4.92. The van der Waals surface area contributed by atoms with E-state index in [1.807, 2.05) is 0 Å². The molecule has 1 heterocycles. The number of carbonyl (C=O) groups excluding carboxylic acids is 1. The molecule has 0 radical (unpaired) electrons. The largest absolute Gasteiger partial charge is 0.573 e. The fourth-order valence-electron chi connectivity index (χ4n) is 1.23. The number of hydrogen-bond acceptors (Lipinski definition) is 3. The first-order chi connectivity index (χ1) is 8.67. The number of aromatic nitrogens is 1. The van der Waals surface area contributed by atoms with Crippen LogP contribution >= 0.6 is 23.2 Å². The smallest absolute Gasteiger partial charge is 0.403 e. The Morgan fingerprint density at radius 1 is 1.42 bits per heavy atom. The second kappa shape index (κ2) is 5.87. The third-order valence-electron chi connectivity index (χ3n) is 1.93. The summed E-state index contributed by atoms with van der Waals surface area (Å²) in [6.07, 6.45) is -7.95. The third kappa shape index (κ3) is 3.90. The first kappa shape index (κ1) is 15.9. The van der Waals surface area contributed by atoms with Crippen molar-refractivity contribution in [2.75, 3.05) is 0 Å². The molecular weight excluding hydrogens is 320 g/mol. The molecule has 0 aliphatic carbocycles. The maximum atomic E-state index is 12.6. The number of hydrogen-bond donors (Lipinski definition) is 0. The van der Waals surface area contributed by atoms with Gasteiger partial charge in [0.05, 0.1) is 11.4 Å². The molecule has 0 fully saturated rings. The first-order valence-electron chi connectivity index (χ1n) is 4.48. The van der Waals surface area contributed by atoms with E-state index in [2.05, 4.69) is 9.72 Å². The highest BCUT2D eigenvalue weighted by atomic mass is 35.5. The minimum atomic E-state index is -5.24. The lowest BCUT2D eigenvalue weighted by atomic mass is 10.1. The van der Waals surface area contributed by atoms with Crippen molar-refractivity contribution in [3.8, 4) is 5.75 Å². The van der Waals surface area contributed by atoms with E-state index in [9.17, 15) is 26.7 Å². The molecule has 0 aliphatic heterocycles. The number of carbonyl (C=O) groups is 1. The molecule has 0 saturated carbocycles. The maximum Gasteiger partial charge on any atom is 0.573 e. The zero-order chi connectivity index (χ0) is 14.8. The van der Waals surface area contributed by atoms with Gasteiger partial charge in [-0.15, -0.1) is 24.8 Å². The Bertz CT molecular complexity index is 492. The van der Waals surface area contributed by atoms with E-state index in [1.165, 1.54) is 0 Å². The van der Waals surface area contributed by atoms with Crippen LogP contribution < -0.4 is 4.74 Å². The molecule has 19 heavy (non-hydrogen) atoms. The van der Waals surface area contributed by atoms with Gasteiger partial charge in [0.25, 0.3) is 11.7 Å². The molecule has 0 unspecified atom stereocenters. The van der Waals surface area contributed by atoms with Gasteiger partial charge in [-0.05, 0) is 11.6 Å². The summed E-state index contributed by atoms with van der Waals surface area (Å²) in [7, 11) is 0. The Labute approximate surface area is 113 Å². The number of pyridine rings is 1. The summed E-state index contributed by atoms with van der Waals surface area (Å²) in [6, 6.07) is 0. The van der Waals surface area contributed by atoms with Crippen LogP contribution in [0.2, 0.25) is 0 Å². The number of halogens is 7. The number of rotatable bonds is 4. The first-order valence-corrected chi connectivity index (χ1v) is 5.40. The van der Waals surface area contributed by atoms with Crippen LogP contribution in [-0.2, 0) is 5.88 Å². The van der Waals surface area contributed by atoms with Crippen LogP contribution in [0.1, 0.15) is 28.0 Å². The van der Waals surface area contributed by atoms with E-state index < -0.39 is 46.5 Å². The van der Waals surface area contributed by atoms with E-state index in [-0.39, 0.29) is 0 Å². The summed E-state index contributed by atoms with van der Waals surface area (Å²) in [5.41, 5.74) is -2.39. The monoisotopic (exact) mass is 323 g/mol. The van der Waals surface area contributed by atoms with E-state index in [0.717, 1.165) is 0 Å². The highest BCUT2D eigenvalue weighted by molar-refractivity contribution is 6.68. The van der Waals surface area contributed by atoms with Crippen LogP contribution in [0.3, 0.4) is 0 Å². The molecule has 0 aliphatic rings. The van der Waals surface area contributed by atoms with E-state index in [0.29, 0.717) is 6.20 Å². The molecule has 3 nitrogen and oxygen atoms in total. The molecule has 0 N–H and O–H groups in total. The van der Waals surface area contributed by atoms with Gasteiger partial charge in [0, 0.05) is 11.8 Å². The van der Waals surface area contributed by atoms with Gasteiger partial charge < -0.3 is 4.74 Å². The molecule has 1 aromatic heterocycles. The van der Waals surface area contributed by atoms with Gasteiger partial charge in [-0.25, -0.2) is 8.78 Å². The topological polar surface area (TPSA) is 39.2 Å². The minimum absolute atomic E-state index is 0.527. The van der Waals surface area contributed by atoms with Crippen molar-refractivity contribution < 1.29 is 31.5 Å². The standard InChI is InChI=1S/C9H4Cl2F5NO2/c10-1-3-4(7(11)18)2-17-5(8(12)13)6(3)19-9(14,15)16/h2,8H,1H2. The molecule has 10 heteroatoms. The van der Waals surface area contributed by atoms with Gasteiger partial charge in [-0.2, -0.15) is 0 Å². The van der Waals surface area contributed by atoms with Gasteiger partial charge in [-0.1, -0.05) is 0 Å². The lowest BCUT2D eigenvalue weighted by molar-refractivity contribution is -0.275. The summed E-state index contributed by atoms with van der Waals surface area (Å²) in [5, 5.41) is -1.18. The molecule has 0 bridgehead atoms. The molecule has 0 atom stereocenters. The summed E-state index contributed by atoms with van der Waals surface area (Å²) in [4.78, 5) is 14.0. The van der Waals surface area contributed by atoms with Crippen LogP contribution in [0, 0.1) is 0 Å². The predicted molar refractivity (Wildman–Crippen MR) is 55.6 cm³/mol. The van der Waals surface area contributed by atoms with E-state index in [4.69, 9.17) is 23.2 Å². The second-order valence-corrected chi connectivity index (χ2v) is 3.73. The number of alkyl halides is 6. The quantitative estimate of drug-likeness (QED) is 0.477. The van der Waals surface area contributed by atoms with Crippen molar-refractivity contribution in [2.24, 2.45) is 0 Å². The fourth-order valence-corrected chi connectivity index (χ4v) is 1.66. The van der Waals surface area contributed by atoms with Crippen LogP contribution in [0.15, 0.2) is 6.20 Å². The van der Waals surface area contributed by atoms with Gasteiger partial charge >= 0.3 is 6.36 Å². The SMILES string of the molecule is O=C(Cl)c1cnc(C(F)F)c(OC(F)(F)F)c1CCl. The average Bonchev–Trinajstić information content (AvgIpc) is 2.25. The Morgan fingerprint density at radius 3 is 2.37 bits per heavy atom. The summed E-state index contributed by atoms with van der Waals surface area (Å²) in [6.45, 7) is 0. The molecule has 1 aromatic rings. The Morgan fingerprint density at radius 2 is 2.00 bits per heavy atom. The molecule has 0 spiro atoms. The lowest BCUT2D eigenvalue weighted by Gasteiger charge is -2.16. The van der Waals surface area contributed by atoms with Crippen molar-refractivity contribution in [1.29, 1.82) is 0 Å². The highest BCUT2D eigenvalue weighted by Gasteiger charge is 2.36. The third-order valence-corrected chi connectivity index (χ3v) is 2.41. The number of nitrogens with zero attached hydrogens (tertiary/aromatic N) is 1. The van der Waals surface area contributed by atoms with Gasteiger partial charge in [0.1, 0.15) is 5.69 Å². The van der Waals surface area contributed by atoms with Crippen molar-refractivity contribution in [1.82, 2.24) is 4.98 Å². The van der Waals surface area contributed by atoms with Gasteiger partial charge in [0.15, 0.2) is 5.75 Å². The molecule has 0 amide bonds. The van der Waals surface area contributed by atoms with Gasteiger partial charge in [-0.3, -0.25) is 9.78 Å². The summed E-state index contributed by atoms with van der Waals surface area (Å²) >= 11 is 10.5. The average molecular weight is 324 g/mol. The molecule has 106 valence electrons. The van der Waals surface area contributed by atoms with Crippen molar-refractivity contribution in [3.63, 3.8) is 0 Å². The highest BCUT2D eigenvalue weighted by Crippen LogP contribution is 2.37. The zero-order valence-corrected chi connectivity index (χ0v) is 10.3. The number of ether oxygens (including phenoxy) is 1. The van der Waals surface area contributed by atoms with E-state index in [1.54, 1.807) is 0 Å². The lowest BCUT2D eigenvalue weighted by Crippen LogP contribution is -2.20. The summed E-state index contributed by atoms with van der Waals surface area (Å²) in [5.74, 6) is -1.98. The van der Waals surface area contributed by atoms with Crippen LogP contribution in [0.5, 0.6) is 5.75 Å². The van der Waals surface area contributed by atoms with Crippen LogP contribution in [-0.4, -0.2) is 16.6 Å². The molecular formula is C9H4Cl2F5NO2. The Balaban J connectivity index is 3.50.